The fourth-order valence-corrected chi connectivity index (χ4v) is 2.09. The first kappa shape index (κ1) is 14.8. The number of piperidine rings is 1. The monoisotopic (exact) mass is 258 g/mol. The van der Waals surface area contributed by atoms with Crippen molar-refractivity contribution in [2.75, 3.05) is 40.0 Å². The Labute approximate surface area is 108 Å². The van der Waals surface area contributed by atoms with Gasteiger partial charge in [0.15, 0.2) is 0 Å². The van der Waals surface area contributed by atoms with Crippen molar-refractivity contribution < 1.29 is 19.1 Å². The van der Waals surface area contributed by atoms with Crippen molar-refractivity contribution in [3.8, 4) is 0 Å². The summed E-state index contributed by atoms with van der Waals surface area (Å²) in [5.74, 6) is -0.0200. The first-order valence-corrected chi connectivity index (χ1v) is 6.34. The summed E-state index contributed by atoms with van der Waals surface area (Å²) in [6, 6.07) is -0.205. The van der Waals surface area contributed by atoms with Crippen molar-refractivity contribution in [1.82, 2.24) is 10.2 Å². The Morgan fingerprint density at radius 1 is 1.44 bits per heavy atom. The molecule has 2 amide bonds. The van der Waals surface area contributed by atoms with Gasteiger partial charge in [0.2, 0.25) is 0 Å². The standard InChI is InChI=1S/C12H22N2O4/c1-3-18-11(15)7-13-12(16)14-6-4-5-10(8-14)9-17-2/h10H,3-9H2,1-2H3,(H,13,16). The van der Waals surface area contributed by atoms with E-state index in [9.17, 15) is 9.59 Å². The maximum absolute atomic E-state index is 11.8. The predicted octanol–water partition coefficient (Wildman–Crippen LogP) is 0.617. The quantitative estimate of drug-likeness (QED) is 0.734. The molecule has 0 aliphatic carbocycles. The van der Waals surface area contributed by atoms with Crippen LogP contribution in [-0.4, -0.2) is 56.9 Å². The molecule has 0 bridgehead atoms. The van der Waals surface area contributed by atoms with Crippen LogP contribution in [0, 0.1) is 5.92 Å². The Balaban J connectivity index is 2.30. The minimum absolute atomic E-state index is 0.0713. The fourth-order valence-electron chi connectivity index (χ4n) is 2.09. The lowest BCUT2D eigenvalue weighted by Gasteiger charge is -2.32. The second-order valence-electron chi connectivity index (χ2n) is 4.37. The molecule has 104 valence electrons. The van der Waals surface area contributed by atoms with Crippen molar-refractivity contribution >= 4 is 12.0 Å². The summed E-state index contributed by atoms with van der Waals surface area (Å²) < 4.78 is 9.85. The maximum atomic E-state index is 11.8. The van der Waals surface area contributed by atoms with Gasteiger partial charge in [-0.25, -0.2) is 4.79 Å². The molecule has 1 N–H and O–H groups in total. The van der Waals surface area contributed by atoms with Crippen LogP contribution in [0.15, 0.2) is 0 Å². The first-order valence-electron chi connectivity index (χ1n) is 6.34. The first-order chi connectivity index (χ1) is 8.67. The minimum atomic E-state index is -0.406. The van der Waals surface area contributed by atoms with Gasteiger partial charge in [-0.15, -0.1) is 0 Å². The van der Waals surface area contributed by atoms with Gasteiger partial charge in [-0.05, 0) is 19.8 Å². The van der Waals surface area contributed by atoms with Crippen molar-refractivity contribution in [2.24, 2.45) is 5.92 Å². The molecule has 1 heterocycles. The second-order valence-corrected chi connectivity index (χ2v) is 4.37. The Bertz CT molecular complexity index is 281. The van der Waals surface area contributed by atoms with Gasteiger partial charge in [-0.1, -0.05) is 0 Å². The van der Waals surface area contributed by atoms with Gasteiger partial charge >= 0.3 is 12.0 Å². The van der Waals surface area contributed by atoms with E-state index < -0.39 is 5.97 Å². The summed E-state index contributed by atoms with van der Waals surface area (Å²) in [6.45, 7) is 4.07. The van der Waals surface area contributed by atoms with E-state index in [1.165, 1.54) is 0 Å². The molecule has 0 aromatic carbocycles. The summed E-state index contributed by atoms with van der Waals surface area (Å²) >= 11 is 0. The molecule has 0 radical (unpaired) electrons. The van der Waals surface area contributed by atoms with Crippen LogP contribution in [0.4, 0.5) is 4.79 Å². The molecule has 1 atom stereocenters. The number of methoxy groups -OCH3 is 1. The van der Waals surface area contributed by atoms with Crippen LogP contribution in [0.2, 0.25) is 0 Å². The molecule has 1 rings (SSSR count). The van der Waals surface area contributed by atoms with E-state index in [1.807, 2.05) is 0 Å². The number of hydrogen-bond donors (Lipinski definition) is 1. The predicted molar refractivity (Wildman–Crippen MR) is 66.2 cm³/mol. The average Bonchev–Trinajstić information content (AvgIpc) is 2.37. The number of nitrogens with zero attached hydrogens (tertiary/aromatic N) is 1. The van der Waals surface area contributed by atoms with E-state index in [2.05, 4.69) is 5.32 Å². The Morgan fingerprint density at radius 3 is 2.89 bits per heavy atom. The molecular weight excluding hydrogens is 236 g/mol. The molecule has 1 aliphatic heterocycles. The summed E-state index contributed by atoms with van der Waals surface area (Å²) in [5, 5.41) is 2.57. The summed E-state index contributed by atoms with van der Waals surface area (Å²) in [6.07, 6.45) is 2.05. The molecule has 6 heteroatoms. The number of rotatable bonds is 5. The molecule has 0 saturated carbocycles. The van der Waals surface area contributed by atoms with Gasteiger partial charge in [0, 0.05) is 26.1 Å². The normalized spacial score (nSPS) is 19.4. The molecular formula is C12H22N2O4. The minimum Gasteiger partial charge on any atom is -0.465 e. The van der Waals surface area contributed by atoms with Gasteiger partial charge < -0.3 is 19.7 Å². The summed E-state index contributed by atoms with van der Waals surface area (Å²) in [4.78, 5) is 24.7. The number of esters is 1. The molecule has 0 aromatic heterocycles. The van der Waals surface area contributed by atoms with E-state index in [0.717, 1.165) is 19.4 Å². The van der Waals surface area contributed by atoms with Gasteiger partial charge in [-0.2, -0.15) is 0 Å². The smallest absolute Gasteiger partial charge is 0.325 e. The van der Waals surface area contributed by atoms with Crippen molar-refractivity contribution in [1.29, 1.82) is 0 Å². The van der Waals surface area contributed by atoms with E-state index >= 15 is 0 Å². The van der Waals surface area contributed by atoms with Crippen molar-refractivity contribution in [3.05, 3.63) is 0 Å². The molecule has 1 unspecified atom stereocenters. The molecule has 0 spiro atoms. The number of carbonyl (C=O) groups excluding carboxylic acids is 2. The zero-order chi connectivity index (χ0) is 13.4. The molecule has 18 heavy (non-hydrogen) atoms. The number of carbonyl (C=O) groups is 2. The van der Waals surface area contributed by atoms with Crippen LogP contribution in [-0.2, 0) is 14.3 Å². The Kier molecular flexibility index (Phi) is 6.49. The lowest BCUT2D eigenvalue weighted by atomic mass is 9.99. The highest BCUT2D eigenvalue weighted by molar-refractivity contribution is 5.80. The van der Waals surface area contributed by atoms with Crippen LogP contribution in [0.3, 0.4) is 0 Å². The Hall–Kier alpha value is -1.30. The van der Waals surface area contributed by atoms with E-state index in [-0.39, 0.29) is 12.6 Å². The molecule has 6 nitrogen and oxygen atoms in total. The number of urea groups is 1. The number of amides is 2. The third-order valence-electron chi connectivity index (χ3n) is 2.90. The number of hydrogen-bond acceptors (Lipinski definition) is 4. The highest BCUT2D eigenvalue weighted by Crippen LogP contribution is 2.16. The number of ether oxygens (including phenoxy) is 2. The maximum Gasteiger partial charge on any atom is 0.325 e. The Morgan fingerprint density at radius 2 is 2.22 bits per heavy atom. The third kappa shape index (κ3) is 4.91. The zero-order valence-corrected chi connectivity index (χ0v) is 11.1. The topological polar surface area (TPSA) is 67.9 Å². The van der Waals surface area contributed by atoms with Crippen LogP contribution >= 0.6 is 0 Å². The van der Waals surface area contributed by atoms with E-state index in [0.29, 0.717) is 25.7 Å². The van der Waals surface area contributed by atoms with Gasteiger partial charge in [0.25, 0.3) is 0 Å². The molecule has 1 aliphatic rings. The van der Waals surface area contributed by atoms with Gasteiger partial charge in [-0.3, -0.25) is 4.79 Å². The number of nitrogens with one attached hydrogen (secondary N) is 1. The number of likely N-dealkylation sites (tertiary alicyclic amines) is 1. The third-order valence-corrected chi connectivity index (χ3v) is 2.90. The van der Waals surface area contributed by atoms with E-state index in [1.54, 1.807) is 18.9 Å². The van der Waals surface area contributed by atoms with Gasteiger partial charge in [0.1, 0.15) is 6.54 Å². The lowest BCUT2D eigenvalue weighted by Crippen LogP contribution is -2.47. The van der Waals surface area contributed by atoms with Crippen molar-refractivity contribution in [2.45, 2.75) is 19.8 Å². The fraction of sp³-hybridized carbons (Fsp3) is 0.833. The van der Waals surface area contributed by atoms with Crippen LogP contribution in [0.1, 0.15) is 19.8 Å². The van der Waals surface area contributed by atoms with E-state index in [4.69, 9.17) is 9.47 Å². The average molecular weight is 258 g/mol. The summed E-state index contributed by atoms with van der Waals surface area (Å²) in [7, 11) is 1.67. The van der Waals surface area contributed by atoms with Crippen LogP contribution < -0.4 is 5.32 Å². The molecule has 0 aromatic rings. The van der Waals surface area contributed by atoms with Crippen molar-refractivity contribution in [3.63, 3.8) is 0 Å². The second kappa shape index (κ2) is 7.92. The lowest BCUT2D eigenvalue weighted by molar-refractivity contribution is -0.141. The molecule has 1 fully saturated rings. The highest BCUT2D eigenvalue weighted by Gasteiger charge is 2.23. The SMILES string of the molecule is CCOC(=O)CNC(=O)N1CCCC(COC)C1. The van der Waals surface area contributed by atoms with Gasteiger partial charge in [0.05, 0.1) is 13.2 Å². The highest BCUT2D eigenvalue weighted by atomic mass is 16.5. The zero-order valence-electron chi connectivity index (χ0n) is 11.1. The largest absolute Gasteiger partial charge is 0.465 e. The van der Waals surface area contributed by atoms with Crippen LogP contribution in [0.5, 0.6) is 0 Å². The summed E-state index contributed by atoms with van der Waals surface area (Å²) in [5.41, 5.74) is 0. The molecule has 1 saturated heterocycles. The van der Waals surface area contributed by atoms with Crippen LogP contribution in [0.25, 0.3) is 0 Å².